The van der Waals surface area contributed by atoms with Crippen LogP contribution in [0.25, 0.3) is 0 Å². The van der Waals surface area contributed by atoms with E-state index >= 15 is 0 Å². The van der Waals surface area contributed by atoms with Crippen molar-refractivity contribution in [3.8, 4) is 0 Å². The third-order valence-corrected chi connectivity index (χ3v) is 3.40. The second kappa shape index (κ2) is 2.83. The predicted molar refractivity (Wildman–Crippen MR) is 49.9 cm³/mol. The van der Waals surface area contributed by atoms with Crippen molar-refractivity contribution in [2.24, 2.45) is 10.8 Å². The number of carboxylic acids is 2. The molecule has 0 aromatic carbocycles. The van der Waals surface area contributed by atoms with Crippen molar-refractivity contribution in [2.45, 2.75) is 26.7 Å². The monoisotopic (exact) mass is 198 g/mol. The molecule has 1 aliphatic carbocycles. The molecule has 0 radical (unpaired) electrons. The summed E-state index contributed by atoms with van der Waals surface area (Å²) in [5.41, 5.74) is -1.88. The Morgan fingerprint density at radius 2 is 1.43 bits per heavy atom. The van der Waals surface area contributed by atoms with Gasteiger partial charge in [-0.15, -0.1) is 0 Å². The molecule has 4 nitrogen and oxygen atoms in total. The number of hydrogen-bond acceptors (Lipinski definition) is 2. The highest BCUT2D eigenvalue weighted by molar-refractivity contribution is 5.86. The van der Waals surface area contributed by atoms with Crippen molar-refractivity contribution in [1.29, 1.82) is 0 Å². The SMILES string of the molecule is C=C1C(C)(C(=O)O)CCC1(C)C(=O)O. The predicted octanol–water partition coefficient (Wildman–Crippen LogP) is 1.52. The Labute approximate surface area is 82.2 Å². The molecule has 0 bridgehead atoms. The van der Waals surface area contributed by atoms with Crippen LogP contribution in [0.15, 0.2) is 12.2 Å². The summed E-state index contributed by atoms with van der Waals surface area (Å²) in [5.74, 6) is -1.99. The van der Waals surface area contributed by atoms with Crippen LogP contribution in [0, 0.1) is 10.8 Å². The van der Waals surface area contributed by atoms with Crippen LogP contribution in [-0.2, 0) is 9.59 Å². The fourth-order valence-corrected chi connectivity index (χ4v) is 1.88. The Hall–Kier alpha value is -1.32. The first-order valence-corrected chi connectivity index (χ1v) is 4.42. The van der Waals surface area contributed by atoms with Crippen molar-refractivity contribution in [3.63, 3.8) is 0 Å². The Morgan fingerprint density at radius 3 is 1.57 bits per heavy atom. The lowest BCUT2D eigenvalue weighted by Crippen LogP contribution is -2.32. The smallest absolute Gasteiger partial charge is 0.313 e. The standard InChI is InChI=1S/C10H14O4/c1-6-9(2,7(11)12)4-5-10(6,3)8(13)14/h1,4-5H2,2-3H3,(H,11,12)(H,13,14). The zero-order valence-corrected chi connectivity index (χ0v) is 8.33. The lowest BCUT2D eigenvalue weighted by atomic mass is 9.77. The fourth-order valence-electron chi connectivity index (χ4n) is 1.88. The van der Waals surface area contributed by atoms with Crippen molar-refractivity contribution in [3.05, 3.63) is 12.2 Å². The molecule has 0 amide bonds. The van der Waals surface area contributed by atoms with Gasteiger partial charge in [0, 0.05) is 0 Å². The third kappa shape index (κ3) is 1.14. The molecule has 0 aromatic rings. The highest BCUT2D eigenvalue weighted by Gasteiger charge is 2.54. The largest absolute Gasteiger partial charge is 0.481 e. The van der Waals surface area contributed by atoms with Gasteiger partial charge in [0.15, 0.2) is 0 Å². The minimum atomic E-state index is -1.09. The van der Waals surface area contributed by atoms with E-state index in [9.17, 15) is 9.59 Å². The van der Waals surface area contributed by atoms with Gasteiger partial charge in [-0.3, -0.25) is 9.59 Å². The normalized spacial score (nSPS) is 37.1. The maximum absolute atomic E-state index is 11.0. The number of aliphatic carboxylic acids is 2. The Balaban J connectivity index is 3.12. The van der Waals surface area contributed by atoms with Gasteiger partial charge in [-0.05, 0) is 32.3 Å². The maximum atomic E-state index is 11.0. The van der Waals surface area contributed by atoms with Gasteiger partial charge in [-0.2, -0.15) is 0 Å². The molecule has 1 fully saturated rings. The summed E-state index contributed by atoms with van der Waals surface area (Å²) in [7, 11) is 0. The minimum absolute atomic E-state index is 0.296. The summed E-state index contributed by atoms with van der Waals surface area (Å²) >= 11 is 0. The number of hydrogen-bond donors (Lipinski definition) is 2. The van der Waals surface area contributed by atoms with E-state index in [4.69, 9.17) is 10.2 Å². The lowest BCUT2D eigenvalue weighted by Gasteiger charge is -2.25. The topological polar surface area (TPSA) is 74.6 Å². The quantitative estimate of drug-likeness (QED) is 0.659. The van der Waals surface area contributed by atoms with Crippen molar-refractivity contribution in [1.82, 2.24) is 0 Å². The van der Waals surface area contributed by atoms with Crippen LogP contribution in [-0.4, -0.2) is 22.2 Å². The average Bonchev–Trinajstić information content (AvgIpc) is 2.32. The van der Waals surface area contributed by atoms with Gasteiger partial charge in [0.05, 0.1) is 10.8 Å². The molecule has 0 spiro atoms. The molecule has 78 valence electrons. The molecule has 0 aromatic heterocycles. The van der Waals surface area contributed by atoms with Gasteiger partial charge in [0.2, 0.25) is 0 Å². The molecule has 14 heavy (non-hydrogen) atoms. The van der Waals surface area contributed by atoms with E-state index in [2.05, 4.69) is 6.58 Å². The van der Waals surface area contributed by atoms with E-state index in [0.29, 0.717) is 18.4 Å². The zero-order valence-electron chi connectivity index (χ0n) is 8.33. The molecule has 1 saturated carbocycles. The van der Waals surface area contributed by atoms with Crippen molar-refractivity contribution in [2.75, 3.05) is 0 Å². The second-order valence-electron chi connectivity index (χ2n) is 4.25. The second-order valence-corrected chi connectivity index (χ2v) is 4.25. The Bertz CT molecular complexity index is 290. The Morgan fingerprint density at radius 1 is 1.14 bits per heavy atom. The van der Waals surface area contributed by atoms with Crippen molar-refractivity contribution >= 4 is 11.9 Å². The van der Waals surface area contributed by atoms with Crippen LogP contribution in [0.4, 0.5) is 0 Å². The molecular weight excluding hydrogens is 184 g/mol. The molecule has 0 heterocycles. The average molecular weight is 198 g/mol. The van der Waals surface area contributed by atoms with E-state index in [1.165, 1.54) is 13.8 Å². The maximum Gasteiger partial charge on any atom is 0.313 e. The van der Waals surface area contributed by atoms with E-state index < -0.39 is 22.8 Å². The van der Waals surface area contributed by atoms with E-state index in [1.54, 1.807) is 0 Å². The van der Waals surface area contributed by atoms with Gasteiger partial charge in [0.25, 0.3) is 0 Å². The van der Waals surface area contributed by atoms with Gasteiger partial charge in [-0.1, -0.05) is 6.58 Å². The van der Waals surface area contributed by atoms with E-state index in [0.717, 1.165) is 0 Å². The molecule has 0 aliphatic heterocycles. The molecule has 2 N–H and O–H groups in total. The van der Waals surface area contributed by atoms with Gasteiger partial charge in [-0.25, -0.2) is 0 Å². The highest BCUT2D eigenvalue weighted by atomic mass is 16.4. The summed E-state index contributed by atoms with van der Waals surface area (Å²) in [6.45, 7) is 6.71. The van der Waals surface area contributed by atoms with Crippen LogP contribution >= 0.6 is 0 Å². The Kier molecular flexibility index (Phi) is 2.18. The molecule has 0 saturated heterocycles. The summed E-state index contributed by atoms with van der Waals surface area (Å²) in [6, 6.07) is 0. The molecular formula is C10H14O4. The summed E-state index contributed by atoms with van der Waals surface area (Å²) in [6.07, 6.45) is 0.675. The highest BCUT2D eigenvalue weighted by Crippen LogP contribution is 2.53. The van der Waals surface area contributed by atoms with Crippen molar-refractivity contribution < 1.29 is 19.8 Å². The molecule has 2 unspecified atom stereocenters. The number of carboxylic acid groups (broad SMARTS) is 2. The van der Waals surface area contributed by atoms with Crippen LogP contribution in [0.5, 0.6) is 0 Å². The molecule has 4 heteroatoms. The number of rotatable bonds is 2. The van der Waals surface area contributed by atoms with Gasteiger partial charge < -0.3 is 10.2 Å². The van der Waals surface area contributed by atoms with Gasteiger partial charge in [0.1, 0.15) is 0 Å². The van der Waals surface area contributed by atoms with Crippen LogP contribution in [0.1, 0.15) is 26.7 Å². The van der Waals surface area contributed by atoms with Crippen LogP contribution in [0.2, 0.25) is 0 Å². The minimum Gasteiger partial charge on any atom is -0.481 e. The molecule has 1 rings (SSSR count). The van der Waals surface area contributed by atoms with E-state index in [-0.39, 0.29) is 0 Å². The summed E-state index contributed by atoms with van der Waals surface area (Å²) in [4.78, 5) is 22.0. The lowest BCUT2D eigenvalue weighted by molar-refractivity contribution is -0.146. The zero-order chi connectivity index (χ0) is 11.1. The fraction of sp³-hybridized carbons (Fsp3) is 0.600. The first kappa shape index (κ1) is 10.8. The molecule has 1 aliphatic rings. The van der Waals surface area contributed by atoms with Crippen LogP contribution < -0.4 is 0 Å². The van der Waals surface area contributed by atoms with Crippen LogP contribution in [0.3, 0.4) is 0 Å². The third-order valence-electron chi connectivity index (χ3n) is 3.40. The van der Waals surface area contributed by atoms with Gasteiger partial charge >= 0.3 is 11.9 Å². The van der Waals surface area contributed by atoms with E-state index in [1.807, 2.05) is 0 Å². The first-order chi connectivity index (χ1) is 6.25. The molecule has 2 atom stereocenters. The summed E-state index contributed by atoms with van der Waals surface area (Å²) in [5, 5.41) is 18.0. The number of carbonyl (C=O) groups is 2. The summed E-state index contributed by atoms with van der Waals surface area (Å²) < 4.78 is 0. The first-order valence-electron chi connectivity index (χ1n) is 4.42.